The van der Waals surface area contributed by atoms with Gasteiger partial charge in [0, 0.05) is 43.9 Å². The van der Waals surface area contributed by atoms with Gasteiger partial charge in [0.25, 0.3) is 5.91 Å². The van der Waals surface area contributed by atoms with E-state index in [9.17, 15) is 23.9 Å². The van der Waals surface area contributed by atoms with Crippen molar-refractivity contribution >= 4 is 28.9 Å². The van der Waals surface area contributed by atoms with E-state index in [0.717, 1.165) is 28.7 Å². The van der Waals surface area contributed by atoms with Crippen LogP contribution in [0.5, 0.6) is 28.7 Å². The number of esters is 2. The molecule has 8 rings (SSSR count). The first-order valence-corrected chi connectivity index (χ1v) is 20.5. The van der Waals surface area contributed by atoms with Crippen LogP contribution in [-0.4, -0.2) is 110 Å². The lowest BCUT2D eigenvalue weighted by molar-refractivity contribution is -0.284. The van der Waals surface area contributed by atoms with Gasteiger partial charge in [-0.1, -0.05) is 30.3 Å². The molecule has 1 N–H and O–H groups in total. The standard InChI is InChI=1S/C47H49FN4O11/c1-57-36-15-12-32(28-37(36)58-2)45(19-25-52(47(45)62-40(53)16-17-41(54)63-47)43(55)31-26-38(59-3)42(61-5)39(27-31)60-4)18-22-50-23-20-46(56,21-24-50)44-49-34-8-6-7-9-35(34)51(44)29-30-10-13-33(48)14-11-30/h6-17,26-28,56H,18-25,29H2,1-5H3. The van der Waals surface area contributed by atoms with Crippen molar-refractivity contribution < 1.29 is 57.0 Å². The fourth-order valence-electron chi connectivity index (χ4n) is 9.24. The Morgan fingerprint density at radius 3 is 2.02 bits per heavy atom. The number of benzene rings is 4. The number of fused-ring (bicyclic) bond motifs is 1. The Morgan fingerprint density at radius 2 is 1.40 bits per heavy atom. The quantitative estimate of drug-likeness (QED) is 0.143. The molecule has 63 heavy (non-hydrogen) atoms. The second-order valence-corrected chi connectivity index (χ2v) is 15.8. The lowest BCUT2D eigenvalue weighted by atomic mass is 9.72. The van der Waals surface area contributed by atoms with Gasteiger partial charge >= 0.3 is 17.8 Å². The maximum Gasteiger partial charge on any atom is 0.355 e. The monoisotopic (exact) mass is 864 g/mol. The highest BCUT2D eigenvalue weighted by atomic mass is 19.1. The summed E-state index contributed by atoms with van der Waals surface area (Å²) in [5, 5.41) is 12.4. The third-order valence-electron chi connectivity index (χ3n) is 12.5. The number of ether oxygens (including phenoxy) is 7. The molecule has 1 aromatic heterocycles. The number of carbonyl (C=O) groups is 3. The van der Waals surface area contributed by atoms with Crippen LogP contribution in [0.2, 0.25) is 0 Å². The Morgan fingerprint density at radius 1 is 0.762 bits per heavy atom. The van der Waals surface area contributed by atoms with Crippen molar-refractivity contribution in [2.24, 2.45) is 0 Å². The number of rotatable bonds is 13. The number of aromatic nitrogens is 2. The van der Waals surface area contributed by atoms with Gasteiger partial charge in [0.05, 0.1) is 52.0 Å². The zero-order valence-corrected chi connectivity index (χ0v) is 35.7. The number of likely N-dealkylation sites (tertiary alicyclic amines) is 2. The van der Waals surface area contributed by atoms with Crippen molar-refractivity contribution in [2.45, 2.75) is 49.2 Å². The first-order chi connectivity index (χ1) is 30.4. The van der Waals surface area contributed by atoms with Gasteiger partial charge in [-0.05, 0) is 91.9 Å². The summed E-state index contributed by atoms with van der Waals surface area (Å²) in [7, 11) is 7.31. The maximum absolute atomic E-state index is 14.9. The highest BCUT2D eigenvalue weighted by molar-refractivity contribution is 5.98. The van der Waals surface area contributed by atoms with E-state index in [1.807, 2.05) is 28.8 Å². The summed E-state index contributed by atoms with van der Waals surface area (Å²) in [4.78, 5) is 50.5. The van der Waals surface area contributed by atoms with Crippen LogP contribution in [0, 0.1) is 5.82 Å². The predicted octanol–water partition coefficient (Wildman–Crippen LogP) is 5.73. The number of hydrogen-bond acceptors (Lipinski definition) is 13. The molecule has 3 aliphatic rings. The molecule has 4 heterocycles. The SMILES string of the molecule is COc1ccc(C2(CCN3CCC(O)(c4nc5ccccc5n4Cc4ccc(F)cc4)CC3)CCN(C(=O)c3cc(OC)c(OC)c(OC)c3)C23OC(=O)C=CC(=O)O3)cc1OC. The summed E-state index contributed by atoms with van der Waals surface area (Å²) < 4.78 is 56.3. The predicted molar refractivity (Wildman–Crippen MR) is 226 cm³/mol. The number of imidazole rings is 1. The average molecular weight is 865 g/mol. The summed E-state index contributed by atoms with van der Waals surface area (Å²) >= 11 is 0. The van der Waals surface area contributed by atoms with Gasteiger partial charge in [0.15, 0.2) is 23.0 Å². The van der Waals surface area contributed by atoms with E-state index in [1.165, 1.54) is 64.7 Å². The van der Waals surface area contributed by atoms with E-state index in [4.69, 9.17) is 38.1 Å². The Kier molecular flexibility index (Phi) is 11.8. The van der Waals surface area contributed by atoms with Crippen molar-refractivity contribution in [3.8, 4) is 28.7 Å². The molecule has 16 heteroatoms. The third kappa shape index (κ3) is 7.67. The van der Waals surface area contributed by atoms with Gasteiger partial charge in [-0.2, -0.15) is 0 Å². The van der Waals surface area contributed by atoms with Crippen molar-refractivity contribution in [3.05, 3.63) is 119 Å². The van der Waals surface area contributed by atoms with Crippen LogP contribution in [0.4, 0.5) is 4.39 Å². The highest BCUT2D eigenvalue weighted by Gasteiger charge is 2.68. The molecule has 1 spiro atoms. The van der Waals surface area contributed by atoms with Crippen LogP contribution in [0.25, 0.3) is 11.0 Å². The van der Waals surface area contributed by atoms with E-state index >= 15 is 0 Å². The molecule has 0 saturated carbocycles. The molecular formula is C47H49FN4O11. The molecule has 0 bridgehead atoms. The molecule has 4 aromatic carbocycles. The fourth-order valence-corrected chi connectivity index (χ4v) is 9.24. The molecule has 0 radical (unpaired) electrons. The second-order valence-electron chi connectivity index (χ2n) is 15.8. The van der Waals surface area contributed by atoms with Crippen molar-refractivity contribution in [1.29, 1.82) is 0 Å². The number of nitrogens with zero attached hydrogens (tertiary/aromatic N) is 4. The topological polar surface area (TPSA) is 160 Å². The molecule has 1 unspecified atom stereocenters. The molecule has 2 saturated heterocycles. The largest absolute Gasteiger partial charge is 0.493 e. The van der Waals surface area contributed by atoms with Gasteiger partial charge in [0.2, 0.25) is 5.75 Å². The first-order valence-electron chi connectivity index (χ1n) is 20.5. The van der Waals surface area contributed by atoms with Crippen LogP contribution >= 0.6 is 0 Å². The number of piperidine rings is 1. The minimum absolute atomic E-state index is 0.00553. The molecule has 0 aliphatic carbocycles. The minimum atomic E-state index is -2.30. The molecule has 2 fully saturated rings. The van der Waals surface area contributed by atoms with Crippen LogP contribution < -0.4 is 23.7 Å². The lowest BCUT2D eigenvalue weighted by Gasteiger charge is -2.47. The van der Waals surface area contributed by atoms with E-state index in [2.05, 4.69) is 4.90 Å². The lowest BCUT2D eigenvalue weighted by Crippen LogP contribution is -2.63. The smallest absolute Gasteiger partial charge is 0.355 e. The average Bonchev–Trinajstić information content (AvgIpc) is 3.77. The summed E-state index contributed by atoms with van der Waals surface area (Å²) in [6.45, 7) is 1.64. The van der Waals surface area contributed by atoms with Crippen molar-refractivity contribution in [1.82, 2.24) is 19.4 Å². The summed E-state index contributed by atoms with van der Waals surface area (Å²) in [5.74, 6) is -3.02. The minimum Gasteiger partial charge on any atom is -0.493 e. The van der Waals surface area contributed by atoms with Crippen LogP contribution in [-0.2, 0) is 36.6 Å². The zero-order valence-electron chi connectivity index (χ0n) is 35.7. The van der Waals surface area contributed by atoms with E-state index in [-0.39, 0.29) is 48.0 Å². The molecule has 1 amide bonds. The Balaban J connectivity index is 1.15. The number of hydrogen-bond donors (Lipinski definition) is 1. The van der Waals surface area contributed by atoms with Crippen LogP contribution in [0.1, 0.15) is 53.0 Å². The molecular weight excluding hydrogens is 816 g/mol. The zero-order chi connectivity index (χ0) is 44.5. The van der Waals surface area contributed by atoms with Gasteiger partial charge < -0.3 is 47.7 Å². The number of halogens is 1. The summed E-state index contributed by atoms with van der Waals surface area (Å²) in [5.41, 5.74) is 0.429. The van der Waals surface area contributed by atoms with Crippen molar-refractivity contribution in [3.63, 3.8) is 0 Å². The number of methoxy groups -OCH3 is 5. The van der Waals surface area contributed by atoms with E-state index < -0.39 is 34.8 Å². The van der Waals surface area contributed by atoms with Gasteiger partial charge in [-0.25, -0.2) is 19.0 Å². The second kappa shape index (κ2) is 17.3. The summed E-state index contributed by atoms with van der Waals surface area (Å²) in [6, 6.07) is 22.2. The van der Waals surface area contributed by atoms with Crippen LogP contribution in [0.3, 0.4) is 0 Å². The fraction of sp³-hybridized carbons (Fsp3) is 0.362. The Hall–Kier alpha value is -6.65. The van der Waals surface area contributed by atoms with E-state index in [1.54, 1.807) is 30.3 Å². The maximum atomic E-state index is 14.9. The molecule has 1 atom stereocenters. The number of aliphatic hydroxyl groups is 1. The number of amides is 1. The Labute approximate surface area is 363 Å². The first kappa shape index (κ1) is 43.0. The molecule has 5 aromatic rings. The normalized spacial score (nSPS) is 19.4. The molecule has 330 valence electrons. The third-order valence-corrected chi connectivity index (χ3v) is 12.5. The van der Waals surface area contributed by atoms with E-state index in [0.29, 0.717) is 61.9 Å². The Bertz CT molecular complexity index is 2520. The van der Waals surface area contributed by atoms with Gasteiger partial charge in [0.1, 0.15) is 17.2 Å². The van der Waals surface area contributed by atoms with Crippen molar-refractivity contribution in [2.75, 3.05) is 61.7 Å². The number of carbonyl (C=O) groups excluding carboxylic acids is 3. The van der Waals surface area contributed by atoms with Gasteiger partial charge in [-0.3, -0.25) is 9.69 Å². The summed E-state index contributed by atoms with van der Waals surface area (Å²) in [6.07, 6.45) is 3.01. The molecule has 15 nitrogen and oxygen atoms in total. The number of para-hydroxylation sites is 2. The van der Waals surface area contributed by atoms with Gasteiger partial charge in [-0.15, -0.1) is 0 Å². The molecule has 3 aliphatic heterocycles. The highest BCUT2D eigenvalue weighted by Crippen LogP contribution is 2.55. The van der Waals surface area contributed by atoms with Crippen LogP contribution in [0.15, 0.2) is 91.0 Å².